The number of carbonyl (C=O) groups excluding carboxylic acids is 1. The van der Waals surface area contributed by atoms with Crippen LogP contribution in [0.4, 0.5) is 0 Å². The third-order valence-corrected chi connectivity index (χ3v) is 6.45. The van der Waals surface area contributed by atoms with Gasteiger partial charge in [0.1, 0.15) is 0 Å². The van der Waals surface area contributed by atoms with Crippen molar-refractivity contribution in [1.82, 2.24) is 9.80 Å². The molecule has 3 aromatic carbocycles. The van der Waals surface area contributed by atoms with E-state index >= 15 is 0 Å². The second-order valence-electron chi connectivity index (χ2n) is 9.79. The number of likely N-dealkylation sites (N-methyl/N-ethyl adjacent to an activating group) is 1. The van der Waals surface area contributed by atoms with E-state index in [9.17, 15) is 9.90 Å². The third kappa shape index (κ3) is 5.03. The van der Waals surface area contributed by atoms with Crippen LogP contribution in [0.25, 0.3) is 21.9 Å². The molecule has 1 saturated heterocycles. The van der Waals surface area contributed by atoms with Gasteiger partial charge < -0.3 is 10.0 Å². The Balaban J connectivity index is 1.57. The minimum absolute atomic E-state index is 0.0818. The number of nitrogens with zero attached hydrogens (tertiary/aromatic N) is 2. The highest BCUT2D eigenvalue weighted by Crippen LogP contribution is 2.30. The molecule has 3 aromatic rings. The zero-order valence-electron chi connectivity index (χ0n) is 19.6. The fourth-order valence-electron chi connectivity index (χ4n) is 4.75. The van der Waals surface area contributed by atoms with E-state index in [1.165, 1.54) is 42.6 Å². The summed E-state index contributed by atoms with van der Waals surface area (Å²) < 4.78 is 0. The molecule has 168 valence electrons. The Bertz CT molecular complexity index is 1110. The van der Waals surface area contributed by atoms with Gasteiger partial charge in [0.2, 0.25) is 0 Å². The highest BCUT2D eigenvalue weighted by molar-refractivity contribution is 5.99. The SMILES string of the molecule is CC(c1cccc(-c2ccc3cc(C(=O)N(C)CC(C)(C)O)ccc3c2)c1)N1CCCC1. The lowest BCUT2D eigenvalue weighted by atomic mass is 9.97. The standard InChI is InChI=1S/C28H34N2O2/c1-20(30-14-5-6-15-30)21-8-7-9-22(16-21)23-10-11-25-18-26(13-12-24(25)17-23)27(31)29(4)19-28(2,3)32/h7-13,16-18,20,32H,5-6,14-15,19H2,1-4H3. The van der Waals surface area contributed by atoms with E-state index in [4.69, 9.17) is 0 Å². The molecule has 1 amide bonds. The molecule has 0 saturated carbocycles. The predicted octanol–water partition coefficient (Wildman–Crippen LogP) is 5.51. The van der Waals surface area contributed by atoms with Gasteiger partial charge in [0, 0.05) is 25.2 Å². The fraction of sp³-hybridized carbons (Fsp3) is 0.393. The van der Waals surface area contributed by atoms with Crippen molar-refractivity contribution in [3.05, 3.63) is 71.8 Å². The average molecular weight is 431 g/mol. The largest absolute Gasteiger partial charge is 0.389 e. The van der Waals surface area contributed by atoms with Gasteiger partial charge >= 0.3 is 0 Å². The number of fused-ring (bicyclic) bond motifs is 1. The molecule has 0 aromatic heterocycles. The maximum Gasteiger partial charge on any atom is 0.253 e. The molecule has 0 spiro atoms. The molecule has 1 unspecified atom stereocenters. The molecule has 4 rings (SSSR count). The number of hydrogen-bond acceptors (Lipinski definition) is 3. The maximum atomic E-state index is 12.8. The molecule has 0 aliphatic carbocycles. The monoisotopic (exact) mass is 430 g/mol. The molecule has 4 heteroatoms. The highest BCUT2D eigenvalue weighted by atomic mass is 16.3. The minimum Gasteiger partial charge on any atom is -0.389 e. The number of benzene rings is 3. The summed E-state index contributed by atoms with van der Waals surface area (Å²) in [5.74, 6) is -0.0818. The average Bonchev–Trinajstić information content (AvgIpc) is 3.31. The third-order valence-electron chi connectivity index (χ3n) is 6.45. The van der Waals surface area contributed by atoms with E-state index in [0.29, 0.717) is 11.6 Å². The molecular formula is C28H34N2O2. The molecule has 0 bridgehead atoms. The number of rotatable bonds is 6. The van der Waals surface area contributed by atoms with Crippen molar-refractivity contribution in [3.63, 3.8) is 0 Å². The molecule has 1 heterocycles. The quantitative estimate of drug-likeness (QED) is 0.561. The molecule has 4 nitrogen and oxygen atoms in total. The molecule has 0 radical (unpaired) electrons. The second kappa shape index (κ2) is 9.05. The molecule has 32 heavy (non-hydrogen) atoms. The lowest BCUT2D eigenvalue weighted by molar-refractivity contribution is 0.0368. The Morgan fingerprint density at radius 2 is 1.66 bits per heavy atom. The van der Waals surface area contributed by atoms with Crippen molar-refractivity contribution in [2.24, 2.45) is 0 Å². The van der Waals surface area contributed by atoms with Gasteiger partial charge in [0.15, 0.2) is 0 Å². The Labute approximate surface area is 191 Å². The zero-order chi connectivity index (χ0) is 22.9. The Kier molecular flexibility index (Phi) is 6.36. The van der Waals surface area contributed by atoms with Crippen LogP contribution in [0.3, 0.4) is 0 Å². The number of likely N-dealkylation sites (tertiary alicyclic amines) is 1. The van der Waals surface area contributed by atoms with Crippen LogP contribution in [-0.2, 0) is 0 Å². The van der Waals surface area contributed by atoms with Gasteiger partial charge in [-0.1, -0.05) is 36.4 Å². The van der Waals surface area contributed by atoms with Gasteiger partial charge in [0.05, 0.1) is 5.60 Å². The first kappa shape index (κ1) is 22.5. The smallest absolute Gasteiger partial charge is 0.253 e. The molecule has 1 aliphatic rings. The second-order valence-corrected chi connectivity index (χ2v) is 9.79. The fourth-order valence-corrected chi connectivity index (χ4v) is 4.75. The van der Waals surface area contributed by atoms with Crippen molar-refractivity contribution in [1.29, 1.82) is 0 Å². The predicted molar refractivity (Wildman–Crippen MR) is 132 cm³/mol. The highest BCUT2D eigenvalue weighted by Gasteiger charge is 2.21. The van der Waals surface area contributed by atoms with Crippen molar-refractivity contribution >= 4 is 16.7 Å². The van der Waals surface area contributed by atoms with Gasteiger partial charge in [-0.2, -0.15) is 0 Å². The van der Waals surface area contributed by atoms with Crippen molar-refractivity contribution in [2.45, 2.75) is 45.3 Å². The first-order valence-electron chi connectivity index (χ1n) is 11.6. The van der Waals surface area contributed by atoms with Crippen LogP contribution in [-0.4, -0.2) is 53.1 Å². The zero-order valence-corrected chi connectivity index (χ0v) is 19.6. The van der Waals surface area contributed by atoms with Gasteiger partial charge in [0.25, 0.3) is 5.91 Å². The maximum absolute atomic E-state index is 12.8. The Hall–Kier alpha value is -2.69. The first-order valence-corrected chi connectivity index (χ1v) is 11.6. The molecule has 1 aliphatic heterocycles. The lowest BCUT2D eigenvalue weighted by Crippen LogP contribution is -2.39. The van der Waals surface area contributed by atoms with Gasteiger partial charge in [-0.05, 0) is 98.4 Å². The molecule has 1 N–H and O–H groups in total. The van der Waals surface area contributed by atoms with E-state index < -0.39 is 5.60 Å². The van der Waals surface area contributed by atoms with Gasteiger partial charge in [-0.15, -0.1) is 0 Å². The topological polar surface area (TPSA) is 43.8 Å². The summed E-state index contributed by atoms with van der Waals surface area (Å²) in [6.45, 7) is 8.38. The minimum atomic E-state index is -0.920. The van der Waals surface area contributed by atoms with E-state index in [2.05, 4.69) is 54.3 Å². The van der Waals surface area contributed by atoms with Crippen LogP contribution in [0.2, 0.25) is 0 Å². The Morgan fingerprint density at radius 3 is 2.38 bits per heavy atom. The number of amides is 1. The number of aliphatic hydroxyl groups is 1. The summed E-state index contributed by atoms with van der Waals surface area (Å²) in [7, 11) is 1.73. The summed E-state index contributed by atoms with van der Waals surface area (Å²) in [5, 5.41) is 12.2. The van der Waals surface area contributed by atoms with Gasteiger partial charge in [-0.25, -0.2) is 0 Å². The van der Waals surface area contributed by atoms with Gasteiger partial charge in [-0.3, -0.25) is 9.69 Å². The summed E-state index contributed by atoms with van der Waals surface area (Å²) in [4.78, 5) is 16.9. The lowest BCUT2D eigenvalue weighted by Gasteiger charge is -2.25. The Morgan fingerprint density at radius 1 is 1.00 bits per heavy atom. The van der Waals surface area contributed by atoms with Crippen molar-refractivity contribution in [2.75, 3.05) is 26.7 Å². The van der Waals surface area contributed by atoms with E-state index in [1.807, 2.05) is 18.2 Å². The first-order chi connectivity index (χ1) is 15.2. The summed E-state index contributed by atoms with van der Waals surface area (Å²) in [5.41, 5.74) is 3.49. The van der Waals surface area contributed by atoms with Crippen molar-refractivity contribution < 1.29 is 9.90 Å². The van der Waals surface area contributed by atoms with Crippen LogP contribution >= 0.6 is 0 Å². The number of carbonyl (C=O) groups is 1. The normalized spacial score (nSPS) is 15.8. The van der Waals surface area contributed by atoms with Crippen molar-refractivity contribution in [3.8, 4) is 11.1 Å². The molecular weight excluding hydrogens is 396 g/mol. The summed E-state index contributed by atoms with van der Waals surface area (Å²) in [6, 6.07) is 21.6. The van der Waals surface area contributed by atoms with E-state index in [1.54, 1.807) is 25.8 Å². The van der Waals surface area contributed by atoms with Crippen LogP contribution in [0, 0.1) is 0 Å². The van der Waals surface area contributed by atoms with Crippen LogP contribution in [0.15, 0.2) is 60.7 Å². The summed E-state index contributed by atoms with van der Waals surface area (Å²) >= 11 is 0. The van der Waals surface area contributed by atoms with Crippen LogP contribution < -0.4 is 0 Å². The van der Waals surface area contributed by atoms with E-state index in [-0.39, 0.29) is 12.5 Å². The molecule has 1 atom stereocenters. The number of hydrogen-bond donors (Lipinski definition) is 1. The summed E-state index contributed by atoms with van der Waals surface area (Å²) in [6.07, 6.45) is 2.60. The van der Waals surface area contributed by atoms with Crippen LogP contribution in [0.1, 0.15) is 55.6 Å². The molecule has 1 fully saturated rings. The van der Waals surface area contributed by atoms with E-state index in [0.717, 1.165) is 10.8 Å². The van der Waals surface area contributed by atoms with Crippen LogP contribution in [0.5, 0.6) is 0 Å².